The van der Waals surface area contributed by atoms with E-state index in [1.807, 2.05) is 0 Å². The Balaban J connectivity index is 1.57. The molecule has 4 nitrogen and oxygen atoms in total. The number of amides is 2. The highest BCUT2D eigenvalue weighted by molar-refractivity contribution is 5.74. The zero-order chi connectivity index (χ0) is 12.4. The van der Waals surface area contributed by atoms with Crippen LogP contribution in [0, 0.1) is 5.92 Å². The van der Waals surface area contributed by atoms with Crippen LogP contribution < -0.4 is 5.32 Å². The highest BCUT2D eigenvalue weighted by Gasteiger charge is 2.31. The average Bonchev–Trinajstić information content (AvgIpc) is 2.88. The van der Waals surface area contributed by atoms with Crippen molar-refractivity contribution in [3.05, 3.63) is 0 Å². The van der Waals surface area contributed by atoms with Crippen molar-refractivity contribution in [3.8, 4) is 0 Å². The quantitative estimate of drug-likeness (QED) is 0.825. The van der Waals surface area contributed by atoms with Gasteiger partial charge < -0.3 is 15.1 Å². The van der Waals surface area contributed by atoms with Gasteiger partial charge in [0, 0.05) is 32.2 Å². The Morgan fingerprint density at radius 3 is 2.50 bits per heavy atom. The van der Waals surface area contributed by atoms with Crippen molar-refractivity contribution >= 4 is 6.03 Å². The Hall–Kier alpha value is -0.770. The third-order valence-electron chi connectivity index (χ3n) is 4.43. The monoisotopic (exact) mass is 251 g/mol. The first-order valence-electron chi connectivity index (χ1n) is 7.60. The van der Waals surface area contributed by atoms with Crippen molar-refractivity contribution in [2.75, 3.05) is 32.7 Å². The summed E-state index contributed by atoms with van der Waals surface area (Å²) >= 11 is 0. The minimum absolute atomic E-state index is 0.299. The number of carbonyl (C=O) groups is 1. The van der Waals surface area contributed by atoms with Crippen molar-refractivity contribution in [1.29, 1.82) is 0 Å². The molecule has 0 aromatic carbocycles. The van der Waals surface area contributed by atoms with Gasteiger partial charge in [0.1, 0.15) is 0 Å². The maximum atomic E-state index is 12.5. The molecule has 3 rings (SSSR count). The van der Waals surface area contributed by atoms with Crippen LogP contribution in [0.5, 0.6) is 0 Å². The van der Waals surface area contributed by atoms with E-state index in [-0.39, 0.29) is 0 Å². The number of hydrogen-bond acceptors (Lipinski definition) is 2. The number of urea groups is 1. The second kappa shape index (κ2) is 5.47. The van der Waals surface area contributed by atoms with Gasteiger partial charge in [0.15, 0.2) is 0 Å². The van der Waals surface area contributed by atoms with Crippen molar-refractivity contribution in [2.45, 2.75) is 44.6 Å². The lowest BCUT2D eigenvalue weighted by molar-refractivity contribution is 0.155. The first kappa shape index (κ1) is 12.3. The molecule has 2 amide bonds. The van der Waals surface area contributed by atoms with Gasteiger partial charge in [-0.3, -0.25) is 0 Å². The molecule has 1 saturated carbocycles. The number of nitrogens with zero attached hydrogens (tertiary/aromatic N) is 2. The lowest BCUT2D eigenvalue weighted by Gasteiger charge is -2.30. The number of nitrogens with one attached hydrogen (secondary N) is 1. The van der Waals surface area contributed by atoms with Gasteiger partial charge in [-0.05, 0) is 51.0 Å². The third kappa shape index (κ3) is 2.97. The topological polar surface area (TPSA) is 35.6 Å². The standard InChI is InChI=1S/C14H25N3O/c18-14(16-8-1-2-9-16)17(10-12-5-6-12)11-13-4-3-7-15-13/h12-13,15H,1-11H2. The maximum absolute atomic E-state index is 12.5. The molecule has 1 unspecified atom stereocenters. The van der Waals surface area contributed by atoms with Crippen LogP contribution in [-0.2, 0) is 0 Å². The normalized spacial score (nSPS) is 27.8. The second-order valence-electron chi connectivity index (χ2n) is 6.12. The summed E-state index contributed by atoms with van der Waals surface area (Å²) in [7, 11) is 0. The Morgan fingerprint density at radius 2 is 1.89 bits per heavy atom. The molecule has 0 radical (unpaired) electrons. The van der Waals surface area contributed by atoms with E-state index in [1.165, 1.54) is 38.5 Å². The molecular weight excluding hydrogens is 226 g/mol. The molecule has 3 aliphatic rings. The van der Waals surface area contributed by atoms with Crippen LogP contribution in [0.4, 0.5) is 4.79 Å². The molecule has 1 aliphatic carbocycles. The summed E-state index contributed by atoms with van der Waals surface area (Å²) in [5.41, 5.74) is 0. The maximum Gasteiger partial charge on any atom is 0.320 e. The van der Waals surface area contributed by atoms with Crippen LogP contribution in [0.25, 0.3) is 0 Å². The lowest BCUT2D eigenvalue weighted by atomic mass is 10.2. The molecule has 1 N–H and O–H groups in total. The van der Waals surface area contributed by atoms with Gasteiger partial charge in [0.25, 0.3) is 0 Å². The average molecular weight is 251 g/mol. The molecule has 2 heterocycles. The summed E-state index contributed by atoms with van der Waals surface area (Å²) in [4.78, 5) is 16.7. The zero-order valence-electron chi connectivity index (χ0n) is 11.2. The van der Waals surface area contributed by atoms with Crippen molar-refractivity contribution < 1.29 is 4.79 Å². The van der Waals surface area contributed by atoms with Crippen LogP contribution in [-0.4, -0.2) is 54.6 Å². The fourth-order valence-electron chi connectivity index (χ4n) is 3.13. The molecule has 0 spiro atoms. The van der Waals surface area contributed by atoms with Gasteiger partial charge in [-0.1, -0.05) is 0 Å². The van der Waals surface area contributed by atoms with E-state index in [1.54, 1.807) is 0 Å². The summed E-state index contributed by atoms with van der Waals surface area (Å²) < 4.78 is 0. The first-order chi connectivity index (χ1) is 8.83. The predicted molar refractivity (Wildman–Crippen MR) is 71.5 cm³/mol. The summed E-state index contributed by atoms with van der Waals surface area (Å²) in [6.07, 6.45) is 7.51. The molecule has 4 heteroatoms. The summed E-state index contributed by atoms with van der Waals surface area (Å²) in [6, 6.07) is 0.836. The summed E-state index contributed by atoms with van der Waals surface area (Å²) in [5, 5.41) is 3.51. The van der Waals surface area contributed by atoms with Crippen LogP contribution in [0.3, 0.4) is 0 Å². The number of hydrogen-bond donors (Lipinski definition) is 1. The van der Waals surface area contributed by atoms with Gasteiger partial charge in [-0.15, -0.1) is 0 Å². The summed E-state index contributed by atoms with van der Waals surface area (Å²) in [6.45, 7) is 4.98. The second-order valence-corrected chi connectivity index (χ2v) is 6.12. The van der Waals surface area contributed by atoms with Gasteiger partial charge >= 0.3 is 6.03 Å². The molecule has 2 aliphatic heterocycles. The highest BCUT2D eigenvalue weighted by atomic mass is 16.2. The lowest BCUT2D eigenvalue weighted by Crippen LogP contribution is -2.47. The molecule has 18 heavy (non-hydrogen) atoms. The zero-order valence-corrected chi connectivity index (χ0v) is 11.2. The van der Waals surface area contributed by atoms with Crippen LogP contribution in [0.1, 0.15) is 38.5 Å². The molecular formula is C14H25N3O. The van der Waals surface area contributed by atoms with Gasteiger partial charge in [0.05, 0.1) is 0 Å². The van der Waals surface area contributed by atoms with E-state index in [9.17, 15) is 4.79 Å². The number of carbonyl (C=O) groups excluding carboxylic acids is 1. The molecule has 0 aromatic rings. The molecule has 2 saturated heterocycles. The highest BCUT2D eigenvalue weighted by Crippen LogP contribution is 2.30. The smallest absolute Gasteiger partial charge is 0.320 e. The van der Waals surface area contributed by atoms with E-state index in [0.29, 0.717) is 12.1 Å². The Morgan fingerprint density at radius 1 is 1.11 bits per heavy atom. The Bertz CT molecular complexity index is 291. The minimum Gasteiger partial charge on any atom is -0.325 e. The van der Waals surface area contributed by atoms with Gasteiger partial charge in [-0.2, -0.15) is 0 Å². The van der Waals surface area contributed by atoms with E-state index >= 15 is 0 Å². The molecule has 102 valence electrons. The minimum atomic E-state index is 0.299. The number of rotatable bonds is 4. The Kier molecular flexibility index (Phi) is 3.73. The van der Waals surface area contributed by atoms with Crippen molar-refractivity contribution in [1.82, 2.24) is 15.1 Å². The first-order valence-corrected chi connectivity index (χ1v) is 7.60. The fourth-order valence-corrected chi connectivity index (χ4v) is 3.13. The largest absolute Gasteiger partial charge is 0.325 e. The van der Waals surface area contributed by atoms with Gasteiger partial charge in [-0.25, -0.2) is 4.79 Å². The van der Waals surface area contributed by atoms with Crippen LogP contribution in [0.2, 0.25) is 0 Å². The Labute approximate surface area is 110 Å². The van der Waals surface area contributed by atoms with Crippen LogP contribution in [0.15, 0.2) is 0 Å². The predicted octanol–water partition coefficient (Wildman–Crippen LogP) is 1.67. The SMILES string of the molecule is O=C(N1CCCC1)N(CC1CC1)CC1CCCN1. The van der Waals surface area contributed by atoms with Crippen molar-refractivity contribution in [2.24, 2.45) is 5.92 Å². The van der Waals surface area contributed by atoms with E-state index in [0.717, 1.165) is 38.6 Å². The fraction of sp³-hybridized carbons (Fsp3) is 0.929. The van der Waals surface area contributed by atoms with Crippen LogP contribution >= 0.6 is 0 Å². The number of likely N-dealkylation sites (tertiary alicyclic amines) is 1. The summed E-state index contributed by atoms with van der Waals surface area (Å²) in [5.74, 6) is 0.790. The van der Waals surface area contributed by atoms with E-state index in [2.05, 4.69) is 15.1 Å². The third-order valence-corrected chi connectivity index (χ3v) is 4.43. The molecule has 0 bridgehead atoms. The van der Waals surface area contributed by atoms with Crippen molar-refractivity contribution in [3.63, 3.8) is 0 Å². The van der Waals surface area contributed by atoms with E-state index in [4.69, 9.17) is 0 Å². The van der Waals surface area contributed by atoms with E-state index < -0.39 is 0 Å². The molecule has 1 atom stereocenters. The molecule has 3 fully saturated rings. The molecule has 0 aromatic heterocycles. The van der Waals surface area contributed by atoms with Gasteiger partial charge in [0.2, 0.25) is 0 Å².